The van der Waals surface area contributed by atoms with Gasteiger partial charge in [-0.1, -0.05) is 30.3 Å². The molecule has 0 unspecified atom stereocenters. The summed E-state index contributed by atoms with van der Waals surface area (Å²) in [4.78, 5) is 18.3. The minimum atomic E-state index is -3.93. The average Bonchev–Trinajstić information content (AvgIpc) is 2.85. The molecule has 0 spiro atoms. The minimum absolute atomic E-state index is 0.0341. The van der Waals surface area contributed by atoms with Gasteiger partial charge >= 0.3 is 5.97 Å². The summed E-state index contributed by atoms with van der Waals surface area (Å²) >= 11 is 0. The summed E-state index contributed by atoms with van der Waals surface area (Å²) in [6, 6.07) is 15.5. The van der Waals surface area contributed by atoms with Crippen molar-refractivity contribution < 1.29 is 23.1 Å². The number of aromatic carboxylic acids is 1. The third kappa shape index (κ3) is 5.46. The van der Waals surface area contributed by atoms with Crippen molar-refractivity contribution in [3.63, 3.8) is 0 Å². The van der Waals surface area contributed by atoms with Crippen LogP contribution < -0.4 is 14.4 Å². The van der Waals surface area contributed by atoms with Crippen LogP contribution >= 0.6 is 0 Å². The predicted molar refractivity (Wildman–Crippen MR) is 136 cm³/mol. The molecule has 0 radical (unpaired) electrons. The van der Waals surface area contributed by atoms with E-state index >= 15 is 0 Å². The zero-order valence-electron chi connectivity index (χ0n) is 19.6. The second-order valence-corrected chi connectivity index (χ2v) is 9.83. The molecular formula is C26H27N3O5S. The zero-order chi connectivity index (χ0) is 25.0. The number of nitrogens with one attached hydrogen (secondary N) is 1. The molecule has 1 aromatic heterocycles. The van der Waals surface area contributed by atoms with E-state index in [1.165, 1.54) is 41.1 Å². The highest BCUT2D eigenvalue weighted by Gasteiger charge is 2.23. The molecule has 2 aromatic carbocycles. The number of aromatic nitrogens is 1. The fourth-order valence-electron chi connectivity index (χ4n) is 4.06. The predicted octanol–water partition coefficient (Wildman–Crippen LogP) is 4.58. The van der Waals surface area contributed by atoms with Gasteiger partial charge in [0.15, 0.2) is 0 Å². The maximum absolute atomic E-state index is 12.8. The van der Waals surface area contributed by atoms with Crippen molar-refractivity contribution in [2.45, 2.75) is 25.2 Å². The van der Waals surface area contributed by atoms with Crippen molar-refractivity contribution in [1.82, 2.24) is 4.98 Å². The lowest BCUT2D eigenvalue weighted by atomic mass is 9.95. The molecule has 0 amide bonds. The smallest absolute Gasteiger partial charge is 0.339 e. The summed E-state index contributed by atoms with van der Waals surface area (Å²) in [5, 5.41) is 9.81. The van der Waals surface area contributed by atoms with Gasteiger partial charge in [-0.3, -0.25) is 4.72 Å². The number of pyridine rings is 1. The molecule has 182 valence electrons. The van der Waals surface area contributed by atoms with Crippen LogP contribution in [0.25, 0.3) is 5.57 Å². The number of sulfonamides is 1. The molecule has 1 aliphatic rings. The molecule has 0 aliphatic carbocycles. The third-order valence-electron chi connectivity index (χ3n) is 5.79. The van der Waals surface area contributed by atoms with Crippen LogP contribution in [0.2, 0.25) is 0 Å². The Labute approximate surface area is 204 Å². The Bertz CT molecular complexity index is 1370. The van der Waals surface area contributed by atoms with E-state index in [0.717, 1.165) is 6.42 Å². The Morgan fingerprint density at radius 2 is 1.91 bits per heavy atom. The number of hydrogen-bond donors (Lipinski definition) is 2. The van der Waals surface area contributed by atoms with Crippen LogP contribution in [0.3, 0.4) is 0 Å². The molecule has 0 saturated heterocycles. The van der Waals surface area contributed by atoms with Crippen molar-refractivity contribution in [2.24, 2.45) is 0 Å². The number of hydrogen-bond acceptors (Lipinski definition) is 6. The van der Waals surface area contributed by atoms with Gasteiger partial charge in [-0.15, -0.1) is 0 Å². The number of benzene rings is 2. The molecule has 2 N–H and O–H groups in total. The largest absolute Gasteiger partial charge is 0.494 e. The Morgan fingerprint density at radius 3 is 2.54 bits per heavy atom. The molecule has 0 atom stereocenters. The lowest BCUT2D eigenvalue weighted by Crippen LogP contribution is -2.30. The van der Waals surface area contributed by atoms with E-state index in [1.807, 2.05) is 24.0 Å². The second kappa shape index (κ2) is 10.2. The van der Waals surface area contributed by atoms with Crippen LogP contribution in [0.1, 0.15) is 34.8 Å². The quantitative estimate of drug-likeness (QED) is 0.473. The highest BCUT2D eigenvalue weighted by atomic mass is 32.2. The fraction of sp³-hybridized carbons (Fsp3) is 0.231. The van der Waals surface area contributed by atoms with Crippen LogP contribution in [-0.2, 0) is 10.0 Å². The monoisotopic (exact) mass is 493 g/mol. The van der Waals surface area contributed by atoms with Gasteiger partial charge in [0.1, 0.15) is 17.1 Å². The number of ether oxygens (including phenoxy) is 1. The van der Waals surface area contributed by atoms with Gasteiger partial charge in [0, 0.05) is 13.1 Å². The second-order valence-electron chi connectivity index (χ2n) is 8.15. The Balaban J connectivity index is 1.55. The first-order valence-electron chi connectivity index (χ1n) is 11.3. The van der Waals surface area contributed by atoms with Crippen molar-refractivity contribution in [2.75, 3.05) is 29.3 Å². The van der Waals surface area contributed by atoms with E-state index in [9.17, 15) is 18.3 Å². The van der Waals surface area contributed by atoms with Crippen LogP contribution in [-0.4, -0.2) is 44.2 Å². The molecule has 3 aromatic rings. The van der Waals surface area contributed by atoms with Gasteiger partial charge in [-0.2, -0.15) is 0 Å². The molecule has 9 heteroatoms. The van der Waals surface area contributed by atoms with Crippen molar-refractivity contribution in [3.8, 4) is 5.75 Å². The number of carboxylic acid groups (broad SMARTS) is 1. The number of anilines is 2. The summed E-state index contributed by atoms with van der Waals surface area (Å²) in [6.45, 7) is 5.49. The Hall–Kier alpha value is -3.85. The first-order chi connectivity index (χ1) is 16.8. The molecule has 1 aliphatic heterocycles. The van der Waals surface area contributed by atoms with Gasteiger partial charge in [0.25, 0.3) is 10.0 Å². The van der Waals surface area contributed by atoms with E-state index in [1.54, 1.807) is 12.1 Å². The first kappa shape index (κ1) is 24.3. The summed E-state index contributed by atoms with van der Waals surface area (Å²) in [5.41, 5.74) is 3.62. The SMILES string of the molecule is CCOc1ccc(S(=O)(=O)Nc2cnc(N3CC=C(c4ccccc4C)CC3)c(C(=O)O)c2)cc1. The van der Waals surface area contributed by atoms with Gasteiger partial charge in [0.2, 0.25) is 0 Å². The number of nitrogens with zero attached hydrogens (tertiary/aromatic N) is 2. The highest BCUT2D eigenvalue weighted by molar-refractivity contribution is 7.92. The maximum atomic E-state index is 12.8. The van der Waals surface area contributed by atoms with E-state index in [4.69, 9.17) is 4.74 Å². The molecule has 0 fully saturated rings. The molecule has 0 bridgehead atoms. The number of aryl methyl sites for hydroxylation is 1. The van der Waals surface area contributed by atoms with E-state index < -0.39 is 16.0 Å². The molecule has 0 saturated carbocycles. The van der Waals surface area contributed by atoms with Crippen LogP contribution in [0.15, 0.2) is 71.8 Å². The highest BCUT2D eigenvalue weighted by Crippen LogP contribution is 2.30. The molecule has 8 nitrogen and oxygen atoms in total. The van der Waals surface area contributed by atoms with Gasteiger partial charge in [-0.05, 0) is 67.3 Å². The molecular weight excluding hydrogens is 466 g/mol. The van der Waals surface area contributed by atoms with E-state index in [0.29, 0.717) is 31.3 Å². The zero-order valence-corrected chi connectivity index (χ0v) is 20.4. The van der Waals surface area contributed by atoms with Crippen LogP contribution in [0.4, 0.5) is 11.5 Å². The standard InChI is InChI=1S/C26H27N3O5S/c1-3-34-21-8-10-22(11-9-21)35(32,33)28-20-16-24(26(30)31)25(27-17-20)29-14-12-19(13-15-29)23-7-5-4-6-18(23)2/h4-12,16-17,28H,3,13-15H2,1-2H3,(H,30,31). The van der Waals surface area contributed by atoms with Gasteiger partial charge < -0.3 is 14.7 Å². The lowest BCUT2D eigenvalue weighted by Gasteiger charge is -2.29. The Morgan fingerprint density at radius 1 is 1.17 bits per heavy atom. The van der Waals surface area contributed by atoms with Crippen molar-refractivity contribution in [3.05, 3.63) is 83.6 Å². The van der Waals surface area contributed by atoms with Crippen LogP contribution in [0, 0.1) is 6.92 Å². The minimum Gasteiger partial charge on any atom is -0.494 e. The van der Waals surface area contributed by atoms with Gasteiger partial charge in [-0.25, -0.2) is 18.2 Å². The Kier molecular flexibility index (Phi) is 7.07. The summed E-state index contributed by atoms with van der Waals surface area (Å²) in [5.74, 6) is -0.309. The topological polar surface area (TPSA) is 109 Å². The maximum Gasteiger partial charge on any atom is 0.339 e. The lowest BCUT2D eigenvalue weighted by molar-refractivity contribution is 0.0697. The van der Waals surface area contributed by atoms with Crippen molar-refractivity contribution >= 4 is 33.1 Å². The first-order valence-corrected chi connectivity index (χ1v) is 12.8. The van der Waals surface area contributed by atoms with Gasteiger partial charge in [0.05, 0.1) is 23.4 Å². The van der Waals surface area contributed by atoms with E-state index in [-0.39, 0.29) is 16.1 Å². The normalized spacial score (nSPS) is 13.8. The number of carboxylic acids is 1. The summed E-state index contributed by atoms with van der Waals surface area (Å²) in [6.07, 6.45) is 4.17. The van der Waals surface area contributed by atoms with Crippen LogP contribution in [0.5, 0.6) is 5.75 Å². The number of carbonyl (C=O) groups is 1. The molecule has 4 rings (SSSR count). The summed E-state index contributed by atoms with van der Waals surface area (Å²) < 4.78 is 33.3. The fourth-order valence-corrected chi connectivity index (χ4v) is 5.09. The van der Waals surface area contributed by atoms with E-state index in [2.05, 4.69) is 34.8 Å². The third-order valence-corrected chi connectivity index (χ3v) is 7.19. The van der Waals surface area contributed by atoms with Crippen molar-refractivity contribution in [1.29, 1.82) is 0 Å². The average molecular weight is 494 g/mol. The number of rotatable bonds is 8. The summed E-state index contributed by atoms with van der Waals surface area (Å²) in [7, 11) is -3.93. The molecule has 35 heavy (non-hydrogen) atoms. The molecule has 2 heterocycles.